The van der Waals surface area contributed by atoms with E-state index in [9.17, 15) is 14.7 Å². The molecule has 2 atom stereocenters. The van der Waals surface area contributed by atoms with Gasteiger partial charge in [0.15, 0.2) is 0 Å². The zero-order chi connectivity index (χ0) is 44.3. The molecule has 7 heteroatoms. The molecular formula is C54H100N2O5. The molecule has 1 fully saturated rings. The maximum absolute atomic E-state index is 12.8. The molecular weight excluding hydrogens is 757 g/mol. The van der Waals surface area contributed by atoms with Crippen LogP contribution in [0.5, 0.6) is 0 Å². The molecule has 0 aromatic rings. The number of hydrogen-bond donors (Lipinski definition) is 1. The molecule has 2 unspecified atom stereocenters. The highest BCUT2D eigenvalue weighted by atomic mass is 16.5. The summed E-state index contributed by atoms with van der Waals surface area (Å²) in [6, 6.07) is 0.637. The molecule has 7 nitrogen and oxygen atoms in total. The van der Waals surface area contributed by atoms with Gasteiger partial charge in [-0.2, -0.15) is 0 Å². The van der Waals surface area contributed by atoms with Crippen LogP contribution in [0.4, 0.5) is 0 Å². The SMILES string of the molecule is CCCCC\C=C/C=C/C=C\C(CCCCCCCCCC)COC(=O)CCCCCCN(CCCCCCC(=O)OCC(C)CCCCCC)CCN(CCO)C1CCC1. The number of carbonyl (C=O) groups excluding carboxylic acids is 2. The van der Waals surface area contributed by atoms with Gasteiger partial charge in [-0.05, 0) is 83.2 Å². The van der Waals surface area contributed by atoms with E-state index in [1.807, 2.05) is 0 Å². The number of allylic oxidation sites excluding steroid dienone is 5. The molecule has 0 saturated heterocycles. The first kappa shape index (κ1) is 57.1. The predicted octanol–water partition coefficient (Wildman–Crippen LogP) is 14.1. The smallest absolute Gasteiger partial charge is 0.305 e. The van der Waals surface area contributed by atoms with Crippen LogP contribution in [0.15, 0.2) is 36.5 Å². The number of unbranched alkanes of at least 4 members (excludes halogenated alkanes) is 19. The number of nitrogens with zero attached hydrogens (tertiary/aromatic N) is 2. The van der Waals surface area contributed by atoms with Crippen LogP contribution >= 0.6 is 0 Å². The van der Waals surface area contributed by atoms with Crippen LogP contribution in [0.2, 0.25) is 0 Å². The Labute approximate surface area is 378 Å². The van der Waals surface area contributed by atoms with Crippen molar-refractivity contribution >= 4 is 11.9 Å². The van der Waals surface area contributed by atoms with Crippen molar-refractivity contribution in [1.82, 2.24) is 9.80 Å². The minimum absolute atomic E-state index is 0.0363. The van der Waals surface area contributed by atoms with Gasteiger partial charge in [0.05, 0.1) is 19.8 Å². The fourth-order valence-corrected chi connectivity index (χ4v) is 8.27. The number of aliphatic hydroxyl groups is 1. The molecule has 0 bridgehead atoms. The average Bonchev–Trinajstić information content (AvgIpc) is 3.24. The van der Waals surface area contributed by atoms with Crippen molar-refractivity contribution in [3.63, 3.8) is 0 Å². The Kier molecular flexibility index (Phi) is 40.5. The lowest BCUT2D eigenvalue weighted by Crippen LogP contribution is -2.45. The molecule has 1 aliphatic carbocycles. The number of esters is 2. The van der Waals surface area contributed by atoms with Crippen molar-refractivity contribution in [2.45, 2.75) is 233 Å². The van der Waals surface area contributed by atoms with E-state index in [1.165, 1.54) is 116 Å². The summed E-state index contributed by atoms with van der Waals surface area (Å²) in [6.45, 7) is 15.2. The Balaban J connectivity index is 2.45. The van der Waals surface area contributed by atoms with E-state index in [4.69, 9.17) is 9.47 Å². The van der Waals surface area contributed by atoms with Gasteiger partial charge in [0, 0.05) is 44.4 Å². The molecule has 1 saturated carbocycles. The predicted molar refractivity (Wildman–Crippen MR) is 261 cm³/mol. The zero-order valence-corrected chi connectivity index (χ0v) is 40.7. The molecule has 0 amide bonds. The normalized spacial score (nSPS) is 14.5. The lowest BCUT2D eigenvalue weighted by atomic mass is 9.91. The third-order valence-corrected chi connectivity index (χ3v) is 12.7. The minimum Gasteiger partial charge on any atom is -0.465 e. The van der Waals surface area contributed by atoms with E-state index in [0.717, 1.165) is 103 Å². The maximum atomic E-state index is 12.8. The minimum atomic E-state index is -0.0536. The Hall–Kier alpha value is -1.96. The number of carbonyl (C=O) groups is 2. The van der Waals surface area contributed by atoms with Gasteiger partial charge in [0.1, 0.15) is 0 Å². The molecule has 1 rings (SSSR count). The largest absolute Gasteiger partial charge is 0.465 e. The first-order valence-corrected chi connectivity index (χ1v) is 26.3. The highest BCUT2D eigenvalue weighted by Crippen LogP contribution is 2.24. The summed E-state index contributed by atoms with van der Waals surface area (Å²) in [5.41, 5.74) is 0. The second-order valence-corrected chi connectivity index (χ2v) is 18.6. The van der Waals surface area contributed by atoms with Crippen molar-refractivity contribution < 1.29 is 24.2 Å². The van der Waals surface area contributed by atoms with Gasteiger partial charge in [-0.3, -0.25) is 14.5 Å². The van der Waals surface area contributed by atoms with E-state index >= 15 is 0 Å². The van der Waals surface area contributed by atoms with E-state index in [0.29, 0.717) is 38.0 Å². The fraction of sp³-hybridized carbons (Fsp3) is 0.852. The number of rotatable bonds is 45. The van der Waals surface area contributed by atoms with Crippen LogP contribution in [0.25, 0.3) is 0 Å². The zero-order valence-electron chi connectivity index (χ0n) is 40.7. The number of hydrogen-bond acceptors (Lipinski definition) is 7. The Morgan fingerprint density at radius 1 is 0.574 bits per heavy atom. The molecule has 356 valence electrons. The lowest BCUT2D eigenvalue weighted by molar-refractivity contribution is -0.145. The average molecular weight is 857 g/mol. The Bertz CT molecular complexity index is 1070. The summed E-state index contributed by atoms with van der Waals surface area (Å²) in [7, 11) is 0. The van der Waals surface area contributed by atoms with Gasteiger partial charge in [0.2, 0.25) is 0 Å². The van der Waals surface area contributed by atoms with Gasteiger partial charge >= 0.3 is 11.9 Å². The fourth-order valence-electron chi connectivity index (χ4n) is 8.27. The van der Waals surface area contributed by atoms with Crippen molar-refractivity contribution in [2.24, 2.45) is 11.8 Å². The van der Waals surface area contributed by atoms with E-state index in [-0.39, 0.29) is 24.5 Å². The first-order chi connectivity index (χ1) is 29.9. The van der Waals surface area contributed by atoms with Crippen LogP contribution in [0, 0.1) is 11.8 Å². The topological polar surface area (TPSA) is 79.3 Å². The number of aliphatic hydroxyl groups excluding tert-OH is 1. The molecule has 0 heterocycles. The lowest BCUT2D eigenvalue weighted by Gasteiger charge is -2.38. The van der Waals surface area contributed by atoms with Gasteiger partial charge in [0.25, 0.3) is 0 Å². The summed E-state index contributed by atoms with van der Waals surface area (Å²) < 4.78 is 11.4. The van der Waals surface area contributed by atoms with E-state index in [2.05, 4.69) is 74.0 Å². The molecule has 0 radical (unpaired) electrons. The van der Waals surface area contributed by atoms with Crippen LogP contribution < -0.4 is 0 Å². The molecule has 1 N–H and O–H groups in total. The summed E-state index contributed by atoms with van der Waals surface area (Å²) in [4.78, 5) is 30.3. The second-order valence-electron chi connectivity index (χ2n) is 18.6. The van der Waals surface area contributed by atoms with Gasteiger partial charge in [-0.1, -0.05) is 186 Å². The molecule has 61 heavy (non-hydrogen) atoms. The monoisotopic (exact) mass is 857 g/mol. The molecule has 0 spiro atoms. The Morgan fingerprint density at radius 3 is 1.70 bits per heavy atom. The van der Waals surface area contributed by atoms with Crippen LogP contribution in [0.1, 0.15) is 227 Å². The highest BCUT2D eigenvalue weighted by Gasteiger charge is 2.24. The third kappa shape index (κ3) is 36.1. The number of ether oxygens (including phenoxy) is 2. The van der Waals surface area contributed by atoms with E-state index < -0.39 is 0 Å². The summed E-state index contributed by atoms with van der Waals surface area (Å²) >= 11 is 0. The Morgan fingerprint density at radius 2 is 1.10 bits per heavy atom. The second kappa shape index (κ2) is 43.3. The summed E-state index contributed by atoms with van der Waals surface area (Å²) in [6.07, 6.45) is 49.0. The third-order valence-electron chi connectivity index (χ3n) is 12.7. The van der Waals surface area contributed by atoms with Gasteiger partial charge in [-0.25, -0.2) is 0 Å². The quantitative estimate of drug-likeness (QED) is 0.0371. The van der Waals surface area contributed by atoms with Crippen molar-refractivity contribution in [1.29, 1.82) is 0 Å². The van der Waals surface area contributed by atoms with Crippen LogP contribution in [-0.4, -0.2) is 85.4 Å². The molecule has 1 aliphatic rings. The maximum Gasteiger partial charge on any atom is 0.305 e. The van der Waals surface area contributed by atoms with Crippen molar-refractivity contribution in [3.8, 4) is 0 Å². The van der Waals surface area contributed by atoms with Crippen molar-refractivity contribution in [3.05, 3.63) is 36.5 Å². The summed E-state index contributed by atoms with van der Waals surface area (Å²) in [5.74, 6) is 0.630. The highest BCUT2D eigenvalue weighted by molar-refractivity contribution is 5.69. The first-order valence-electron chi connectivity index (χ1n) is 26.3. The van der Waals surface area contributed by atoms with Gasteiger partial charge < -0.3 is 19.5 Å². The van der Waals surface area contributed by atoms with Crippen molar-refractivity contribution in [2.75, 3.05) is 52.5 Å². The molecule has 0 aromatic carbocycles. The summed E-state index contributed by atoms with van der Waals surface area (Å²) in [5, 5.41) is 9.71. The molecule has 0 aromatic heterocycles. The van der Waals surface area contributed by atoms with Crippen LogP contribution in [-0.2, 0) is 19.1 Å². The molecule has 0 aliphatic heterocycles. The van der Waals surface area contributed by atoms with Crippen LogP contribution in [0.3, 0.4) is 0 Å². The van der Waals surface area contributed by atoms with E-state index in [1.54, 1.807) is 0 Å². The van der Waals surface area contributed by atoms with Gasteiger partial charge in [-0.15, -0.1) is 0 Å². The standard InChI is InChI=1S/C54H100N2O5/c1-5-8-11-14-16-18-20-22-29-37-51(36-28-21-19-17-15-12-9-6-2)49-61-54(59)41-31-24-26-33-43-55(44-45-56(46-47-57)52-38-34-39-52)42-32-25-23-30-40-53(58)60-48-50(4)35-27-13-10-7-3/h16,18,20,22,29,37,50-52,57H,5-15,17,19,21,23-28,30-36,38-49H2,1-4H3/b18-16-,22-20+,37-29-.